The molecule has 0 amide bonds. The molecule has 0 radical (unpaired) electrons. The van der Waals surface area contributed by atoms with Crippen molar-refractivity contribution in [2.24, 2.45) is 0 Å². The van der Waals surface area contributed by atoms with Crippen molar-refractivity contribution in [3.63, 3.8) is 0 Å². The maximum absolute atomic E-state index is 2.34. The second-order valence-corrected chi connectivity index (χ2v) is 5.69. The summed E-state index contributed by atoms with van der Waals surface area (Å²) < 4.78 is 0. The second kappa shape index (κ2) is 4.42. The van der Waals surface area contributed by atoms with Gasteiger partial charge in [-0.3, -0.25) is 0 Å². The van der Waals surface area contributed by atoms with Crippen LogP contribution in [0.1, 0.15) is 54.4 Å². The highest BCUT2D eigenvalue weighted by molar-refractivity contribution is 5.91. The van der Waals surface area contributed by atoms with E-state index in [1.54, 1.807) is 11.1 Å². The van der Waals surface area contributed by atoms with Gasteiger partial charge < -0.3 is 0 Å². The van der Waals surface area contributed by atoms with Gasteiger partial charge in [0.15, 0.2) is 0 Å². The van der Waals surface area contributed by atoms with Crippen LogP contribution in [0.2, 0.25) is 0 Å². The van der Waals surface area contributed by atoms with E-state index in [4.69, 9.17) is 0 Å². The fraction of sp³-hybridized carbons (Fsp3) is 0.444. The molecule has 1 aliphatic rings. The number of rotatable bonds is 1. The van der Waals surface area contributed by atoms with Crippen molar-refractivity contribution in [3.05, 3.63) is 46.5 Å². The van der Waals surface area contributed by atoms with Crippen LogP contribution in [0.25, 0.3) is 10.8 Å². The van der Waals surface area contributed by atoms with Gasteiger partial charge >= 0.3 is 0 Å². The standard InChI is InChI=1S/C18H22/c1-4-14-8-7-11-17-12(2)15-9-5-6-10-16(15)13(3)18(14)17/h5-6,9-10,14H,4,7-8,11H2,1-3H3. The van der Waals surface area contributed by atoms with E-state index in [1.165, 1.54) is 47.6 Å². The lowest BCUT2D eigenvalue weighted by Gasteiger charge is -2.29. The third kappa shape index (κ3) is 1.59. The van der Waals surface area contributed by atoms with Gasteiger partial charge in [-0.25, -0.2) is 0 Å². The van der Waals surface area contributed by atoms with Crippen LogP contribution in [0.15, 0.2) is 24.3 Å². The Morgan fingerprint density at radius 2 is 1.72 bits per heavy atom. The van der Waals surface area contributed by atoms with E-state index in [-0.39, 0.29) is 0 Å². The van der Waals surface area contributed by atoms with Gasteiger partial charge in [0, 0.05) is 0 Å². The molecule has 1 unspecified atom stereocenters. The van der Waals surface area contributed by atoms with E-state index in [9.17, 15) is 0 Å². The van der Waals surface area contributed by atoms with Crippen LogP contribution in [0.5, 0.6) is 0 Å². The lowest BCUT2D eigenvalue weighted by atomic mass is 9.75. The molecule has 1 atom stereocenters. The maximum atomic E-state index is 2.34. The predicted molar refractivity (Wildman–Crippen MR) is 79.4 cm³/mol. The summed E-state index contributed by atoms with van der Waals surface area (Å²) in [6.07, 6.45) is 5.31. The van der Waals surface area contributed by atoms with Gasteiger partial charge in [0.1, 0.15) is 0 Å². The molecule has 0 aliphatic heterocycles. The first-order valence-electron chi connectivity index (χ1n) is 7.24. The summed E-state index contributed by atoms with van der Waals surface area (Å²) in [6.45, 7) is 6.98. The summed E-state index contributed by atoms with van der Waals surface area (Å²) >= 11 is 0. The van der Waals surface area contributed by atoms with Crippen molar-refractivity contribution in [1.29, 1.82) is 0 Å². The second-order valence-electron chi connectivity index (χ2n) is 5.69. The van der Waals surface area contributed by atoms with Gasteiger partial charge in [-0.15, -0.1) is 0 Å². The average molecular weight is 238 g/mol. The number of fused-ring (bicyclic) bond motifs is 2. The minimum atomic E-state index is 0.789. The Morgan fingerprint density at radius 3 is 2.39 bits per heavy atom. The zero-order valence-corrected chi connectivity index (χ0v) is 11.7. The minimum absolute atomic E-state index is 0.789. The zero-order chi connectivity index (χ0) is 12.7. The Kier molecular flexibility index (Phi) is 2.89. The summed E-state index contributed by atoms with van der Waals surface area (Å²) in [5, 5.41) is 2.93. The lowest BCUT2D eigenvalue weighted by Crippen LogP contribution is -2.13. The molecule has 0 heteroatoms. The summed E-state index contributed by atoms with van der Waals surface area (Å²) in [5.74, 6) is 0.789. The molecular formula is C18H22. The predicted octanol–water partition coefficient (Wildman–Crippen LogP) is 5.29. The average Bonchev–Trinajstić information content (AvgIpc) is 2.44. The highest BCUT2D eigenvalue weighted by Gasteiger charge is 2.23. The van der Waals surface area contributed by atoms with Crippen molar-refractivity contribution in [2.75, 3.05) is 0 Å². The Hall–Kier alpha value is -1.30. The molecule has 18 heavy (non-hydrogen) atoms. The smallest absolute Gasteiger partial charge is 0.0149 e. The van der Waals surface area contributed by atoms with E-state index in [1.807, 2.05) is 0 Å². The van der Waals surface area contributed by atoms with E-state index in [0.29, 0.717) is 0 Å². The molecule has 0 aromatic heterocycles. The molecule has 2 aromatic rings. The Labute approximate surface area is 110 Å². The summed E-state index contributed by atoms with van der Waals surface area (Å²) in [7, 11) is 0. The number of hydrogen-bond acceptors (Lipinski definition) is 0. The molecule has 94 valence electrons. The molecule has 0 saturated carbocycles. The highest BCUT2D eigenvalue weighted by atomic mass is 14.3. The van der Waals surface area contributed by atoms with Crippen LogP contribution in [0.3, 0.4) is 0 Å². The maximum Gasteiger partial charge on any atom is -0.0149 e. The monoisotopic (exact) mass is 238 g/mol. The molecule has 0 spiro atoms. The fourth-order valence-corrected chi connectivity index (χ4v) is 3.83. The normalized spacial score (nSPS) is 18.9. The molecule has 0 fully saturated rings. The van der Waals surface area contributed by atoms with E-state index in [2.05, 4.69) is 45.0 Å². The molecular weight excluding hydrogens is 216 g/mol. The quantitative estimate of drug-likeness (QED) is 0.633. The van der Waals surface area contributed by atoms with E-state index < -0.39 is 0 Å². The van der Waals surface area contributed by atoms with Crippen LogP contribution >= 0.6 is 0 Å². The molecule has 1 aliphatic carbocycles. The topological polar surface area (TPSA) is 0 Å². The van der Waals surface area contributed by atoms with Crippen LogP contribution in [0.4, 0.5) is 0 Å². The van der Waals surface area contributed by atoms with Crippen LogP contribution in [-0.4, -0.2) is 0 Å². The third-order valence-electron chi connectivity index (χ3n) is 4.80. The molecule has 2 aromatic carbocycles. The van der Waals surface area contributed by atoms with Gasteiger partial charge in [-0.2, -0.15) is 0 Å². The van der Waals surface area contributed by atoms with Crippen molar-refractivity contribution < 1.29 is 0 Å². The van der Waals surface area contributed by atoms with Crippen molar-refractivity contribution >= 4 is 10.8 Å². The Morgan fingerprint density at radius 1 is 1.06 bits per heavy atom. The van der Waals surface area contributed by atoms with Crippen molar-refractivity contribution in [2.45, 2.75) is 52.4 Å². The van der Waals surface area contributed by atoms with Gasteiger partial charge in [0.05, 0.1) is 0 Å². The van der Waals surface area contributed by atoms with Gasteiger partial charge in [-0.1, -0.05) is 31.2 Å². The summed E-state index contributed by atoms with van der Waals surface area (Å²) in [5.41, 5.74) is 6.41. The van der Waals surface area contributed by atoms with Crippen LogP contribution in [-0.2, 0) is 6.42 Å². The molecule has 0 heterocycles. The zero-order valence-electron chi connectivity index (χ0n) is 11.7. The number of benzene rings is 2. The molecule has 3 rings (SSSR count). The van der Waals surface area contributed by atoms with Crippen LogP contribution in [0, 0.1) is 13.8 Å². The first-order chi connectivity index (χ1) is 8.74. The number of aryl methyl sites for hydroxylation is 2. The molecule has 0 nitrogen and oxygen atoms in total. The van der Waals surface area contributed by atoms with Crippen molar-refractivity contribution in [3.8, 4) is 0 Å². The fourth-order valence-electron chi connectivity index (χ4n) is 3.83. The molecule has 0 saturated heterocycles. The highest BCUT2D eigenvalue weighted by Crippen LogP contribution is 2.41. The van der Waals surface area contributed by atoms with Gasteiger partial charge in [0.25, 0.3) is 0 Å². The summed E-state index contributed by atoms with van der Waals surface area (Å²) in [6, 6.07) is 8.92. The number of hydrogen-bond donors (Lipinski definition) is 0. The Balaban J connectivity index is 2.39. The van der Waals surface area contributed by atoms with E-state index >= 15 is 0 Å². The third-order valence-corrected chi connectivity index (χ3v) is 4.80. The van der Waals surface area contributed by atoms with E-state index in [0.717, 1.165) is 5.92 Å². The Bertz CT molecular complexity index is 593. The first-order valence-corrected chi connectivity index (χ1v) is 7.24. The molecule has 0 N–H and O–H groups in total. The van der Waals surface area contributed by atoms with Gasteiger partial charge in [-0.05, 0) is 78.5 Å². The van der Waals surface area contributed by atoms with Crippen LogP contribution < -0.4 is 0 Å². The largest absolute Gasteiger partial charge is 0.0648 e. The van der Waals surface area contributed by atoms with Gasteiger partial charge in [0.2, 0.25) is 0 Å². The SMILES string of the molecule is CCC1CCCc2c1c(C)c1ccccc1c2C. The first kappa shape index (κ1) is 11.8. The minimum Gasteiger partial charge on any atom is -0.0648 e. The lowest BCUT2D eigenvalue weighted by molar-refractivity contribution is 0.537. The molecule has 0 bridgehead atoms. The van der Waals surface area contributed by atoms with Crippen molar-refractivity contribution in [1.82, 2.24) is 0 Å². The summed E-state index contributed by atoms with van der Waals surface area (Å²) in [4.78, 5) is 0.